The Balaban J connectivity index is 1.50. The molecule has 2 aliphatic rings. The Bertz CT molecular complexity index is 923. The number of likely N-dealkylation sites (N-methyl/N-ethyl adjacent to an activating group) is 1. The van der Waals surface area contributed by atoms with E-state index in [2.05, 4.69) is 40.5 Å². The number of anilines is 1. The fraction of sp³-hybridized carbons (Fsp3) is 0.700. The van der Waals surface area contributed by atoms with E-state index >= 15 is 0 Å². The van der Waals surface area contributed by atoms with E-state index in [9.17, 15) is 9.59 Å². The molecule has 9 heteroatoms. The van der Waals surface area contributed by atoms with E-state index in [1.165, 1.54) is 22.2 Å². The predicted molar refractivity (Wildman–Crippen MR) is 116 cm³/mol. The van der Waals surface area contributed by atoms with Crippen LogP contribution in [-0.2, 0) is 11.3 Å². The summed E-state index contributed by atoms with van der Waals surface area (Å²) in [4.78, 5) is 41.2. The molecule has 158 valence electrons. The topological polar surface area (TPSA) is 74.6 Å². The first-order valence-electron chi connectivity index (χ1n) is 10.6. The fourth-order valence-electron chi connectivity index (χ4n) is 4.45. The molecule has 0 radical (unpaired) electrons. The zero-order chi connectivity index (χ0) is 20.5. The summed E-state index contributed by atoms with van der Waals surface area (Å²) in [6.07, 6.45) is 2.62. The Hall–Kier alpha value is -2.00. The van der Waals surface area contributed by atoms with Crippen LogP contribution in [0.25, 0.3) is 10.3 Å². The Labute approximate surface area is 175 Å². The van der Waals surface area contributed by atoms with Crippen molar-refractivity contribution in [3.8, 4) is 0 Å². The molecule has 2 saturated heterocycles. The van der Waals surface area contributed by atoms with Gasteiger partial charge in [-0.3, -0.25) is 14.2 Å². The van der Waals surface area contributed by atoms with Gasteiger partial charge in [-0.1, -0.05) is 32.1 Å². The lowest BCUT2D eigenvalue weighted by Gasteiger charge is -2.35. The molecule has 4 heterocycles. The molecule has 0 N–H and O–H groups in total. The molecule has 0 unspecified atom stereocenters. The second-order valence-electron chi connectivity index (χ2n) is 8.49. The van der Waals surface area contributed by atoms with Crippen LogP contribution in [-0.4, -0.2) is 76.1 Å². The first kappa shape index (κ1) is 20.3. The number of amides is 1. The molecule has 2 aromatic rings. The van der Waals surface area contributed by atoms with Crippen molar-refractivity contribution in [1.82, 2.24) is 24.3 Å². The van der Waals surface area contributed by atoms with Crippen molar-refractivity contribution in [3.05, 3.63) is 16.7 Å². The summed E-state index contributed by atoms with van der Waals surface area (Å²) in [5, 5.41) is 0.850. The largest absolute Gasteiger partial charge is 0.345 e. The van der Waals surface area contributed by atoms with Gasteiger partial charge in [0.2, 0.25) is 5.91 Å². The quantitative estimate of drug-likeness (QED) is 0.749. The van der Waals surface area contributed by atoms with Gasteiger partial charge in [-0.05, 0) is 24.8 Å². The first-order valence-corrected chi connectivity index (χ1v) is 11.4. The number of hydrogen-bond acceptors (Lipinski definition) is 7. The number of aromatic nitrogens is 3. The molecule has 4 rings (SSSR count). The summed E-state index contributed by atoms with van der Waals surface area (Å²) >= 11 is 1.39. The maximum absolute atomic E-state index is 13.0. The molecular formula is C20H30N6O2S. The summed E-state index contributed by atoms with van der Waals surface area (Å²) in [7, 11) is 0. The van der Waals surface area contributed by atoms with Crippen LogP contribution in [0.15, 0.2) is 11.1 Å². The summed E-state index contributed by atoms with van der Waals surface area (Å²) < 4.78 is 1.97. The van der Waals surface area contributed by atoms with E-state index in [4.69, 9.17) is 0 Å². The third-order valence-corrected chi connectivity index (χ3v) is 7.08. The van der Waals surface area contributed by atoms with Gasteiger partial charge in [-0.15, -0.1) is 0 Å². The van der Waals surface area contributed by atoms with E-state index in [0.29, 0.717) is 22.2 Å². The number of carbonyl (C=O) groups is 1. The highest BCUT2D eigenvalue weighted by molar-refractivity contribution is 7.22. The molecule has 2 fully saturated rings. The van der Waals surface area contributed by atoms with Crippen molar-refractivity contribution < 1.29 is 4.79 Å². The molecular weight excluding hydrogens is 388 g/mol. The van der Waals surface area contributed by atoms with Crippen LogP contribution in [0.4, 0.5) is 5.13 Å². The van der Waals surface area contributed by atoms with Gasteiger partial charge in [0, 0.05) is 39.3 Å². The van der Waals surface area contributed by atoms with Crippen molar-refractivity contribution in [1.29, 1.82) is 0 Å². The van der Waals surface area contributed by atoms with Gasteiger partial charge in [0.25, 0.3) is 5.56 Å². The lowest BCUT2D eigenvalue weighted by atomic mass is 9.92. The smallest absolute Gasteiger partial charge is 0.273 e. The monoisotopic (exact) mass is 418 g/mol. The number of likely N-dealkylation sites (tertiary alicyclic amines) is 1. The minimum atomic E-state index is -0.169. The third-order valence-electron chi connectivity index (χ3n) is 5.99. The molecule has 1 amide bonds. The minimum absolute atomic E-state index is 0.00734. The highest BCUT2D eigenvalue weighted by Crippen LogP contribution is 2.26. The van der Waals surface area contributed by atoms with E-state index < -0.39 is 0 Å². The van der Waals surface area contributed by atoms with Crippen LogP contribution in [0, 0.1) is 11.8 Å². The van der Waals surface area contributed by atoms with Gasteiger partial charge in [0.1, 0.15) is 17.6 Å². The number of fused-ring (bicyclic) bond motifs is 1. The molecule has 0 spiro atoms. The summed E-state index contributed by atoms with van der Waals surface area (Å²) in [5.41, 5.74) is 0.314. The van der Waals surface area contributed by atoms with Crippen LogP contribution in [0.5, 0.6) is 0 Å². The lowest BCUT2D eigenvalue weighted by molar-refractivity contribution is -0.134. The van der Waals surface area contributed by atoms with Crippen LogP contribution < -0.4 is 10.5 Å². The number of carbonyl (C=O) groups excluding carboxylic acids is 1. The molecule has 2 atom stereocenters. The Kier molecular flexibility index (Phi) is 5.87. The van der Waals surface area contributed by atoms with Gasteiger partial charge in [-0.25, -0.2) is 4.98 Å². The highest BCUT2D eigenvalue weighted by Gasteiger charge is 2.26. The van der Waals surface area contributed by atoms with Crippen LogP contribution in [0.3, 0.4) is 0 Å². The second-order valence-corrected chi connectivity index (χ2v) is 9.47. The molecule has 0 bridgehead atoms. The van der Waals surface area contributed by atoms with E-state index in [1.807, 2.05) is 4.90 Å². The average molecular weight is 419 g/mol. The fourth-order valence-corrected chi connectivity index (χ4v) is 5.47. The number of hydrogen-bond donors (Lipinski definition) is 0. The average Bonchev–Trinajstić information content (AvgIpc) is 3.14. The maximum atomic E-state index is 13.0. The number of piperidine rings is 1. The van der Waals surface area contributed by atoms with Gasteiger partial charge in [-0.2, -0.15) is 4.98 Å². The zero-order valence-corrected chi connectivity index (χ0v) is 18.3. The lowest BCUT2D eigenvalue weighted by Crippen LogP contribution is -2.46. The number of thiazole rings is 1. The van der Waals surface area contributed by atoms with Crippen molar-refractivity contribution in [2.24, 2.45) is 11.8 Å². The summed E-state index contributed by atoms with van der Waals surface area (Å²) in [6, 6.07) is 0. The van der Waals surface area contributed by atoms with Gasteiger partial charge >= 0.3 is 0 Å². The van der Waals surface area contributed by atoms with Crippen molar-refractivity contribution >= 4 is 32.7 Å². The van der Waals surface area contributed by atoms with Crippen molar-refractivity contribution in [3.63, 3.8) is 0 Å². The molecule has 2 aliphatic heterocycles. The summed E-state index contributed by atoms with van der Waals surface area (Å²) in [6.45, 7) is 13.0. The Morgan fingerprint density at radius 2 is 1.86 bits per heavy atom. The second kappa shape index (κ2) is 8.39. The molecule has 0 aromatic carbocycles. The van der Waals surface area contributed by atoms with Crippen LogP contribution >= 0.6 is 11.3 Å². The van der Waals surface area contributed by atoms with Crippen LogP contribution in [0.1, 0.15) is 27.2 Å². The number of piperazine rings is 1. The minimum Gasteiger partial charge on any atom is -0.345 e. The number of nitrogens with zero attached hydrogens (tertiary/aromatic N) is 6. The molecule has 29 heavy (non-hydrogen) atoms. The standard InChI is InChI=1S/C20H30N6O2S/c1-4-23-5-7-24(8-6-23)20-22-18-17(29-20)19(28)26(13-21-18)12-16(27)25-10-14(2)9-15(3)11-25/h13-15H,4-12H2,1-3H3/t14-,15+. The third kappa shape index (κ3) is 4.30. The first-order chi connectivity index (χ1) is 13.9. The summed E-state index contributed by atoms with van der Waals surface area (Å²) in [5.74, 6) is 0.988. The molecule has 2 aromatic heterocycles. The predicted octanol–water partition coefficient (Wildman–Crippen LogP) is 1.50. The SMILES string of the molecule is CCN1CCN(c2nc3ncn(CC(=O)N4C[C@H](C)C[C@H](C)C4)c(=O)c3s2)CC1. The van der Waals surface area contributed by atoms with E-state index in [-0.39, 0.29) is 18.0 Å². The maximum Gasteiger partial charge on any atom is 0.273 e. The molecule has 0 aliphatic carbocycles. The van der Waals surface area contributed by atoms with Crippen LogP contribution in [0.2, 0.25) is 0 Å². The highest BCUT2D eigenvalue weighted by atomic mass is 32.1. The Morgan fingerprint density at radius 1 is 1.17 bits per heavy atom. The Morgan fingerprint density at radius 3 is 2.52 bits per heavy atom. The van der Waals surface area contributed by atoms with Gasteiger partial charge < -0.3 is 14.7 Å². The normalized spacial score (nSPS) is 23.7. The van der Waals surface area contributed by atoms with Crippen molar-refractivity contribution in [2.75, 3.05) is 50.7 Å². The molecule has 8 nitrogen and oxygen atoms in total. The van der Waals surface area contributed by atoms with E-state index in [0.717, 1.165) is 57.4 Å². The molecule has 0 saturated carbocycles. The van der Waals surface area contributed by atoms with E-state index in [1.54, 1.807) is 0 Å². The van der Waals surface area contributed by atoms with Crippen molar-refractivity contribution in [2.45, 2.75) is 33.7 Å². The zero-order valence-electron chi connectivity index (χ0n) is 17.5. The van der Waals surface area contributed by atoms with Gasteiger partial charge in [0.05, 0.1) is 0 Å². The van der Waals surface area contributed by atoms with Gasteiger partial charge in [0.15, 0.2) is 10.8 Å². The number of rotatable bonds is 4.